The van der Waals surface area contributed by atoms with E-state index < -0.39 is 5.92 Å². The number of Topliss-reactive ketones (excluding diaryl/α,β-unsaturated/α-hetero) is 1. The van der Waals surface area contributed by atoms with E-state index in [1.165, 1.54) is 0 Å². The number of carbonyl (C=O) groups is 1. The third-order valence-corrected chi connectivity index (χ3v) is 3.74. The van der Waals surface area contributed by atoms with E-state index in [-0.39, 0.29) is 11.7 Å². The number of halogens is 1. The molecule has 0 heterocycles. The molecule has 0 bridgehead atoms. The van der Waals surface area contributed by atoms with Crippen molar-refractivity contribution in [3.8, 4) is 6.07 Å². The molecule has 17 heavy (non-hydrogen) atoms. The summed E-state index contributed by atoms with van der Waals surface area (Å²) in [5, 5.41) is 9.22. The van der Waals surface area contributed by atoms with Gasteiger partial charge in [-0.1, -0.05) is 48.0 Å². The monoisotopic (exact) mass is 293 g/mol. The van der Waals surface area contributed by atoms with Gasteiger partial charge in [-0.15, -0.1) is 0 Å². The van der Waals surface area contributed by atoms with Crippen molar-refractivity contribution in [2.45, 2.75) is 32.6 Å². The normalized spacial score (nSPS) is 12.2. The van der Waals surface area contributed by atoms with Crippen LogP contribution in [0.15, 0.2) is 28.7 Å². The molecule has 0 saturated heterocycles. The molecular formula is C14H16BrNO. The molecule has 2 nitrogen and oxygen atoms in total. The van der Waals surface area contributed by atoms with Crippen LogP contribution >= 0.6 is 15.9 Å². The highest BCUT2D eigenvalue weighted by atomic mass is 79.9. The zero-order chi connectivity index (χ0) is 12.8. The Bertz CT molecular complexity index is 432. The number of ketones is 1. The first-order chi connectivity index (χ1) is 8.15. The summed E-state index contributed by atoms with van der Waals surface area (Å²) >= 11 is 3.40. The van der Waals surface area contributed by atoms with Crippen LogP contribution in [0.3, 0.4) is 0 Å². The van der Waals surface area contributed by atoms with Gasteiger partial charge < -0.3 is 0 Å². The summed E-state index contributed by atoms with van der Waals surface area (Å²) in [6, 6.07) is 9.55. The Morgan fingerprint density at radius 3 is 2.41 bits per heavy atom. The van der Waals surface area contributed by atoms with Gasteiger partial charge in [0.1, 0.15) is 5.92 Å². The molecule has 0 saturated carbocycles. The Morgan fingerprint density at radius 2 is 1.94 bits per heavy atom. The molecule has 1 atom stereocenters. The second-order valence-corrected chi connectivity index (χ2v) is 4.85. The predicted molar refractivity (Wildman–Crippen MR) is 71.6 cm³/mol. The van der Waals surface area contributed by atoms with E-state index >= 15 is 0 Å². The molecule has 0 aliphatic carbocycles. The lowest BCUT2D eigenvalue weighted by molar-refractivity contribution is -0.123. The van der Waals surface area contributed by atoms with Crippen molar-refractivity contribution in [2.24, 2.45) is 5.92 Å². The molecule has 1 aromatic rings. The van der Waals surface area contributed by atoms with Crippen LogP contribution in [0.5, 0.6) is 0 Å². The predicted octanol–water partition coefficient (Wildman–Crippen LogP) is 4.06. The van der Waals surface area contributed by atoms with E-state index in [1.54, 1.807) is 0 Å². The molecule has 1 unspecified atom stereocenters. The van der Waals surface area contributed by atoms with Gasteiger partial charge in [-0.25, -0.2) is 0 Å². The molecule has 90 valence electrons. The van der Waals surface area contributed by atoms with E-state index in [4.69, 9.17) is 0 Å². The average molecular weight is 294 g/mol. The van der Waals surface area contributed by atoms with E-state index in [0.29, 0.717) is 0 Å². The Kier molecular flexibility index (Phi) is 5.37. The molecule has 0 amide bonds. The van der Waals surface area contributed by atoms with Gasteiger partial charge in [0.05, 0.1) is 6.07 Å². The quantitative estimate of drug-likeness (QED) is 0.821. The van der Waals surface area contributed by atoms with E-state index in [0.717, 1.165) is 22.9 Å². The van der Waals surface area contributed by atoms with Gasteiger partial charge in [0.2, 0.25) is 0 Å². The number of nitrogens with zero attached hydrogens (tertiary/aromatic N) is 1. The van der Waals surface area contributed by atoms with Crippen LogP contribution in [0, 0.1) is 17.2 Å². The van der Waals surface area contributed by atoms with Crippen molar-refractivity contribution in [3.05, 3.63) is 34.3 Å². The minimum absolute atomic E-state index is 0.0215. The fourth-order valence-electron chi connectivity index (χ4n) is 1.92. The molecule has 0 fully saturated rings. The second-order valence-electron chi connectivity index (χ2n) is 4.00. The van der Waals surface area contributed by atoms with Gasteiger partial charge in [0, 0.05) is 10.4 Å². The largest absolute Gasteiger partial charge is 0.298 e. The highest BCUT2D eigenvalue weighted by molar-refractivity contribution is 9.10. The Hall–Kier alpha value is -1.14. The first-order valence-corrected chi connectivity index (χ1v) is 6.62. The summed E-state index contributed by atoms with van der Waals surface area (Å²) in [7, 11) is 0. The summed E-state index contributed by atoms with van der Waals surface area (Å²) < 4.78 is 0.825. The van der Waals surface area contributed by atoms with Crippen LogP contribution in [0.4, 0.5) is 0 Å². The number of carbonyl (C=O) groups excluding carboxylic acids is 1. The number of rotatable bonds is 5. The molecule has 0 radical (unpaired) electrons. The van der Waals surface area contributed by atoms with Crippen LogP contribution in [-0.4, -0.2) is 5.78 Å². The van der Waals surface area contributed by atoms with Crippen LogP contribution in [-0.2, 0) is 4.79 Å². The van der Waals surface area contributed by atoms with Crippen molar-refractivity contribution < 1.29 is 4.79 Å². The van der Waals surface area contributed by atoms with Crippen LogP contribution < -0.4 is 0 Å². The van der Waals surface area contributed by atoms with Crippen molar-refractivity contribution in [2.75, 3.05) is 0 Å². The lowest BCUT2D eigenvalue weighted by Gasteiger charge is -2.16. The zero-order valence-electron chi connectivity index (χ0n) is 10.1. The molecule has 0 aromatic heterocycles. The summed E-state index contributed by atoms with van der Waals surface area (Å²) in [5.41, 5.74) is 0.770. The van der Waals surface area contributed by atoms with E-state index in [9.17, 15) is 10.1 Å². The topological polar surface area (TPSA) is 40.9 Å². The number of hydrogen-bond acceptors (Lipinski definition) is 2. The maximum absolute atomic E-state index is 12.2. The molecular weight excluding hydrogens is 278 g/mol. The second kappa shape index (κ2) is 6.56. The average Bonchev–Trinajstić information content (AvgIpc) is 2.34. The van der Waals surface area contributed by atoms with Gasteiger partial charge in [0.15, 0.2) is 5.78 Å². The third kappa shape index (κ3) is 3.17. The van der Waals surface area contributed by atoms with Gasteiger partial charge >= 0.3 is 0 Å². The lowest BCUT2D eigenvalue weighted by Crippen LogP contribution is -2.20. The van der Waals surface area contributed by atoms with Crippen LogP contribution in [0.1, 0.15) is 38.2 Å². The Labute approximate surface area is 111 Å². The summed E-state index contributed by atoms with van der Waals surface area (Å²) in [6.45, 7) is 3.97. The van der Waals surface area contributed by atoms with Gasteiger partial charge in [-0.2, -0.15) is 5.26 Å². The van der Waals surface area contributed by atoms with Gasteiger partial charge in [-0.3, -0.25) is 4.79 Å². The molecule has 1 rings (SSSR count). The first kappa shape index (κ1) is 13.9. The smallest absolute Gasteiger partial charge is 0.157 e. The fraction of sp³-hybridized carbons (Fsp3) is 0.429. The minimum Gasteiger partial charge on any atom is -0.298 e. The summed E-state index contributed by atoms with van der Waals surface area (Å²) in [6.07, 6.45) is 1.58. The van der Waals surface area contributed by atoms with Gasteiger partial charge in [0.25, 0.3) is 0 Å². The maximum Gasteiger partial charge on any atom is 0.157 e. The van der Waals surface area contributed by atoms with E-state index in [1.807, 2.05) is 38.1 Å². The number of nitriles is 1. The van der Waals surface area contributed by atoms with Crippen LogP contribution in [0.2, 0.25) is 0 Å². The minimum atomic E-state index is -0.657. The van der Waals surface area contributed by atoms with Crippen molar-refractivity contribution >= 4 is 21.7 Å². The summed E-state index contributed by atoms with van der Waals surface area (Å²) in [5.74, 6) is -0.647. The maximum atomic E-state index is 12.2. The van der Waals surface area contributed by atoms with Crippen LogP contribution in [0.25, 0.3) is 0 Å². The SMILES string of the molecule is CCC(CC)C(=O)C(C#N)c1ccccc1Br. The summed E-state index contributed by atoms with van der Waals surface area (Å²) in [4.78, 5) is 12.2. The Morgan fingerprint density at radius 1 is 1.35 bits per heavy atom. The highest BCUT2D eigenvalue weighted by Crippen LogP contribution is 2.28. The van der Waals surface area contributed by atoms with Crippen molar-refractivity contribution in [1.82, 2.24) is 0 Å². The van der Waals surface area contributed by atoms with Gasteiger partial charge in [-0.05, 0) is 24.5 Å². The lowest BCUT2D eigenvalue weighted by atomic mass is 9.86. The standard InChI is InChI=1S/C14H16BrNO/c1-3-10(4-2)14(17)12(9-16)11-7-5-6-8-13(11)15/h5-8,10,12H,3-4H2,1-2H3. The highest BCUT2D eigenvalue weighted by Gasteiger charge is 2.27. The fourth-order valence-corrected chi connectivity index (χ4v) is 2.44. The van der Waals surface area contributed by atoms with Crippen molar-refractivity contribution in [1.29, 1.82) is 5.26 Å². The number of benzene rings is 1. The first-order valence-electron chi connectivity index (χ1n) is 5.83. The van der Waals surface area contributed by atoms with E-state index in [2.05, 4.69) is 22.0 Å². The molecule has 0 N–H and O–H groups in total. The zero-order valence-corrected chi connectivity index (χ0v) is 11.7. The molecule has 1 aromatic carbocycles. The Balaban J connectivity index is 3.05. The third-order valence-electron chi connectivity index (χ3n) is 3.02. The van der Waals surface area contributed by atoms with Crippen molar-refractivity contribution in [3.63, 3.8) is 0 Å². The molecule has 3 heteroatoms. The molecule has 0 aliphatic heterocycles. The molecule has 0 aliphatic rings. The number of hydrogen-bond donors (Lipinski definition) is 0. The molecule has 0 spiro atoms.